The molecule has 196 valence electrons. The van der Waals surface area contributed by atoms with Gasteiger partial charge in [0.15, 0.2) is 11.6 Å². The van der Waals surface area contributed by atoms with Gasteiger partial charge in [-0.05, 0) is 37.1 Å². The number of carbonyl (C=O) groups excluding carboxylic acids is 1. The summed E-state index contributed by atoms with van der Waals surface area (Å²) in [6, 6.07) is 17.1. The summed E-state index contributed by atoms with van der Waals surface area (Å²) in [5.74, 6) is -1.34. The van der Waals surface area contributed by atoms with E-state index in [0.29, 0.717) is 17.5 Å². The maximum Gasteiger partial charge on any atom is 0.331 e. The van der Waals surface area contributed by atoms with Gasteiger partial charge in [0.05, 0.1) is 31.8 Å². The Labute approximate surface area is 217 Å². The highest BCUT2D eigenvalue weighted by Gasteiger charge is 2.24. The monoisotopic (exact) mass is 519 g/mol. The van der Waals surface area contributed by atoms with E-state index in [2.05, 4.69) is 5.32 Å². The number of benzene rings is 3. The number of ether oxygens (including phenoxy) is 1. The zero-order valence-corrected chi connectivity index (χ0v) is 21.2. The molecule has 4 aromatic rings. The van der Waals surface area contributed by atoms with E-state index >= 15 is 4.39 Å². The second-order valence-corrected chi connectivity index (χ2v) is 8.85. The van der Waals surface area contributed by atoms with Crippen LogP contribution in [0.5, 0.6) is 5.75 Å². The first-order valence-electron chi connectivity index (χ1n) is 11.9. The fraction of sp³-hybridized carbons (Fsp3) is 0.207. The van der Waals surface area contributed by atoms with Gasteiger partial charge in [-0.25, -0.2) is 13.6 Å². The molecule has 0 bridgehead atoms. The highest BCUT2D eigenvalue weighted by atomic mass is 19.1. The topological polar surface area (TPSA) is 82.3 Å². The first-order valence-corrected chi connectivity index (χ1v) is 11.9. The maximum atomic E-state index is 15.4. The molecular weight excluding hydrogens is 492 g/mol. The average Bonchev–Trinajstić information content (AvgIpc) is 2.91. The lowest BCUT2D eigenvalue weighted by atomic mass is 10.0. The molecule has 0 unspecified atom stereocenters. The Hall–Kier alpha value is -4.53. The third-order valence-electron chi connectivity index (χ3n) is 6.65. The number of amides is 1. The Kier molecular flexibility index (Phi) is 7.85. The van der Waals surface area contributed by atoms with Crippen molar-refractivity contribution in [3.8, 4) is 16.9 Å². The third kappa shape index (κ3) is 5.00. The minimum atomic E-state index is -0.764. The molecule has 0 aliphatic carbocycles. The van der Waals surface area contributed by atoms with E-state index in [1.807, 2.05) is 0 Å². The van der Waals surface area contributed by atoms with Crippen LogP contribution in [0.4, 0.5) is 8.78 Å². The summed E-state index contributed by atoms with van der Waals surface area (Å²) < 4.78 is 37.5. The molecule has 1 aromatic heterocycles. The lowest BCUT2D eigenvalue weighted by Gasteiger charge is -2.22. The molecule has 4 rings (SSSR count). The van der Waals surface area contributed by atoms with Gasteiger partial charge in [0.2, 0.25) is 6.41 Å². The van der Waals surface area contributed by atoms with Gasteiger partial charge >= 0.3 is 5.69 Å². The van der Waals surface area contributed by atoms with Crippen molar-refractivity contribution in [1.29, 1.82) is 0 Å². The van der Waals surface area contributed by atoms with Crippen molar-refractivity contribution in [2.45, 2.75) is 33.0 Å². The summed E-state index contributed by atoms with van der Waals surface area (Å²) in [6.45, 7) is 2.83. The first kappa shape index (κ1) is 26.5. The fourth-order valence-electron chi connectivity index (χ4n) is 4.55. The van der Waals surface area contributed by atoms with Crippen LogP contribution in [0.3, 0.4) is 0 Å². The van der Waals surface area contributed by atoms with E-state index in [4.69, 9.17) is 4.74 Å². The average molecular weight is 520 g/mol. The lowest BCUT2D eigenvalue weighted by molar-refractivity contribution is -0.110. The van der Waals surface area contributed by atoms with Crippen molar-refractivity contribution in [2.75, 3.05) is 7.11 Å². The second-order valence-electron chi connectivity index (χ2n) is 8.85. The van der Waals surface area contributed by atoms with Gasteiger partial charge in [0, 0.05) is 16.8 Å². The number of rotatable bonds is 9. The Morgan fingerprint density at radius 3 is 2.32 bits per heavy atom. The van der Waals surface area contributed by atoms with Crippen LogP contribution in [0.25, 0.3) is 11.1 Å². The first-order chi connectivity index (χ1) is 18.3. The molecule has 0 fully saturated rings. The minimum absolute atomic E-state index is 0.0563. The molecule has 0 saturated heterocycles. The number of nitrogens with zero attached hydrogens (tertiary/aromatic N) is 2. The van der Waals surface area contributed by atoms with Crippen LogP contribution >= 0.6 is 0 Å². The highest BCUT2D eigenvalue weighted by Crippen LogP contribution is 2.29. The second kappa shape index (κ2) is 11.2. The van der Waals surface area contributed by atoms with Gasteiger partial charge in [0.25, 0.3) is 5.56 Å². The van der Waals surface area contributed by atoms with Crippen LogP contribution in [-0.4, -0.2) is 22.7 Å². The number of nitrogens with one attached hydrogen (secondary N) is 1. The molecule has 1 heterocycles. The normalized spacial score (nSPS) is 11.7. The maximum absolute atomic E-state index is 15.4. The predicted molar refractivity (Wildman–Crippen MR) is 140 cm³/mol. The summed E-state index contributed by atoms with van der Waals surface area (Å²) in [5, 5.41) is 2.65. The number of methoxy groups -OCH3 is 1. The smallest absolute Gasteiger partial charge is 0.331 e. The molecule has 3 aromatic carbocycles. The van der Waals surface area contributed by atoms with Crippen LogP contribution in [0.2, 0.25) is 0 Å². The number of hydrogen-bond donors (Lipinski definition) is 1. The van der Waals surface area contributed by atoms with Crippen LogP contribution in [-0.2, 0) is 17.9 Å². The number of aromatic nitrogens is 2. The van der Waals surface area contributed by atoms with Gasteiger partial charge in [0.1, 0.15) is 5.82 Å². The Morgan fingerprint density at radius 1 is 0.947 bits per heavy atom. The zero-order valence-electron chi connectivity index (χ0n) is 21.2. The number of aryl methyl sites for hydroxylation is 1. The standard InChI is InChI=1S/C29H27F2N3O4/c1-18-9-7-13-23(30)22(18)15-33-19(2)26(21-12-8-14-25(38-3)27(21)31)28(36)34(29(33)37)16-24(32-17-35)20-10-5-4-6-11-20/h4-14,17,24H,15-16H2,1-3H3,(H,32,35)/t24-/m0/s1. The van der Waals surface area contributed by atoms with Crippen molar-refractivity contribution in [2.24, 2.45) is 0 Å². The number of hydrogen-bond acceptors (Lipinski definition) is 4. The van der Waals surface area contributed by atoms with E-state index in [9.17, 15) is 18.8 Å². The minimum Gasteiger partial charge on any atom is -0.494 e. The van der Waals surface area contributed by atoms with Crippen molar-refractivity contribution in [3.63, 3.8) is 0 Å². The van der Waals surface area contributed by atoms with Gasteiger partial charge in [-0.1, -0.05) is 54.6 Å². The lowest BCUT2D eigenvalue weighted by Crippen LogP contribution is -2.44. The molecule has 9 heteroatoms. The Morgan fingerprint density at radius 2 is 1.66 bits per heavy atom. The molecule has 1 N–H and O–H groups in total. The summed E-state index contributed by atoms with van der Waals surface area (Å²) in [6.07, 6.45) is 0.487. The SMILES string of the molecule is COc1cccc(-c2c(C)n(Cc3c(C)cccc3F)c(=O)n(C[C@H](NC=O)c3ccccc3)c2=O)c1F. The van der Waals surface area contributed by atoms with Crippen LogP contribution < -0.4 is 21.3 Å². The zero-order chi connectivity index (χ0) is 27.4. The Balaban J connectivity index is 2.00. The molecule has 7 nitrogen and oxygen atoms in total. The molecule has 0 radical (unpaired) electrons. The quantitative estimate of drug-likeness (QED) is 0.338. The Bertz CT molecular complexity index is 1580. The molecule has 0 saturated carbocycles. The number of halogens is 2. The molecule has 38 heavy (non-hydrogen) atoms. The fourth-order valence-corrected chi connectivity index (χ4v) is 4.55. The van der Waals surface area contributed by atoms with Crippen LogP contribution in [0.1, 0.15) is 28.4 Å². The van der Waals surface area contributed by atoms with Crippen LogP contribution in [0, 0.1) is 25.5 Å². The van der Waals surface area contributed by atoms with Gasteiger partial charge in [-0.2, -0.15) is 0 Å². The predicted octanol–water partition coefficient (Wildman–Crippen LogP) is 4.12. The molecular formula is C29H27F2N3O4. The van der Waals surface area contributed by atoms with E-state index in [-0.39, 0.29) is 41.2 Å². The summed E-state index contributed by atoms with van der Waals surface area (Å²) in [5.41, 5.74) is 0.152. The molecule has 0 spiro atoms. The molecule has 0 aliphatic heterocycles. The van der Waals surface area contributed by atoms with Crippen molar-refractivity contribution in [3.05, 3.63) is 122 Å². The van der Waals surface area contributed by atoms with Crippen molar-refractivity contribution >= 4 is 6.41 Å². The van der Waals surface area contributed by atoms with E-state index < -0.39 is 28.9 Å². The molecule has 1 atom stereocenters. The van der Waals surface area contributed by atoms with E-state index in [0.717, 1.165) is 4.57 Å². The third-order valence-corrected chi connectivity index (χ3v) is 6.65. The van der Waals surface area contributed by atoms with Gasteiger partial charge < -0.3 is 10.1 Å². The van der Waals surface area contributed by atoms with Gasteiger partial charge in [-0.3, -0.25) is 18.7 Å². The largest absolute Gasteiger partial charge is 0.494 e. The van der Waals surface area contributed by atoms with E-state index in [1.54, 1.807) is 49.4 Å². The van der Waals surface area contributed by atoms with E-state index in [1.165, 1.54) is 42.9 Å². The summed E-state index contributed by atoms with van der Waals surface area (Å²) >= 11 is 0. The highest BCUT2D eigenvalue weighted by molar-refractivity contribution is 5.67. The summed E-state index contributed by atoms with van der Waals surface area (Å²) in [4.78, 5) is 39.0. The van der Waals surface area contributed by atoms with Gasteiger partial charge in [-0.15, -0.1) is 0 Å². The molecule has 1 amide bonds. The number of carbonyl (C=O) groups is 1. The van der Waals surface area contributed by atoms with Crippen LogP contribution in [0.15, 0.2) is 76.3 Å². The summed E-state index contributed by atoms with van der Waals surface area (Å²) in [7, 11) is 1.31. The van der Waals surface area contributed by atoms with Crippen molar-refractivity contribution < 1.29 is 18.3 Å². The van der Waals surface area contributed by atoms with Crippen molar-refractivity contribution in [1.82, 2.24) is 14.5 Å². The molecule has 0 aliphatic rings.